The fraction of sp³-hybridized carbons (Fsp3) is 0.120. The molecule has 0 aliphatic carbocycles. The zero-order valence-electron chi connectivity index (χ0n) is 17.8. The zero-order valence-corrected chi connectivity index (χ0v) is 18.6. The number of ether oxygens (including phenoxy) is 2. The molecule has 6 nitrogen and oxygen atoms in total. The highest BCUT2D eigenvalue weighted by Crippen LogP contribution is 2.36. The number of carbonyl (C=O) groups is 2. The van der Waals surface area contributed by atoms with Crippen LogP contribution in [0.15, 0.2) is 72.4 Å². The van der Waals surface area contributed by atoms with E-state index >= 15 is 0 Å². The Bertz CT molecular complexity index is 1230. The molecule has 162 valence electrons. The van der Waals surface area contributed by atoms with E-state index < -0.39 is 11.8 Å². The van der Waals surface area contributed by atoms with Gasteiger partial charge in [-0.05, 0) is 54.4 Å². The number of benzene rings is 3. The van der Waals surface area contributed by atoms with Crippen molar-refractivity contribution in [2.24, 2.45) is 0 Å². The largest absolute Gasteiger partial charge is 0.493 e. The zero-order chi connectivity index (χ0) is 22.8. The third-order valence-corrected chi connectivity index (χ3v) is 5.38. The number of aryl methyl sites for hydroxylation is 1. The summed E-state index contributed by atoms with van der Waals surface area (Å²) in [6.07, 6.45) is 0. The highest BCUT2D eigenvalue weighted by Gasteiger charge is 2.40. The number of carbonyl (C=O) groups excluding carboxylic acids is 2. The predicted octanol–water partition coefficient (Wildman–Crippen LogP) is 5.06. The van der Waals surface area contributed by atoms with Crippen LogP contribution in [0.25, 0.3) is 5.57 Å². The van der Waals surface area contributed by atoms with Crippen molar-refractivity contribution in [2.45, 2.75) is 6.92 Å². The van der Waals surface area contributed by atoms with Crippen molar-refractivity contribution in [3.8, 4) is 11.5 Å². The Morgan fingerprint density at radius 3 is 2.22 bits per heavy atom. The van der Waals surface area contributed by atoms with Gasteiger partial charge >= 0.3 is 0 Å². The van der Waals surface area contributed by atoms with E-state index in [0.717, 1.165) is 5.56 Å². The monoisotopic (exact) mass is 448 g/mol. The Morgan fingerprint density at radius 2 is 1.56 bits per heavy atom. The van der Waals surface area contributed by atoms with Crippen LogP contribution in [0.1, 0.15) is 11.1 Å². The Morgan fingerprint density at radius 1 is 0.844 bits per heavy atom. The van der Waals surface area contributed by atoms with Gasteiger partial charge in [0.2, 0.25) is 0 Å². The van der Waals surface area contributed by atoms with E-state index in [9.17, 15) is 9.59 Å². The lowest BCUT2D eigenvalue weighted by atomic mass is 10.0. The molecule has 1 heterocycles. The van der Waals surface area contributed by atoms with Crippen molar-refractivity contribution in [1.29, 1.82) is 0 Å². The number of hydrogen-bond acceptors (Lipinski definition) is 5. The fourth-order valence-corrected chi connectivity index (χ4v) is 3.72. The lowest BCUT2D eigenvalue weighted by molar-refractivity contribution is -0.120. The highest BCUT2D eigenvalue weighted by atomic mass is 35.5. The van der Waals surface area contributed by atoms with Crippen molar-refractivity contribution in [3.05, 3.63) is 88.6 Å². The van der Waals surface area contributed by atoms with E-state index in [1.807, 2.05) is 19.1 Å². The molecule has 3 aromatic carbocycles. The first kappa shape index (κ1) is 21.5. The standard InChI is InChI=1S/C25H21ClN2O4/c1-15-5-4-6-19(13-15)28-24(29)22(16-7-9-17(26)10-8-16)23(25(28)30)27-18-11-12-20(31-2)21(14-18)32-3/h4-14,27H,1-3H3. The second-order valence-corrected chi connectivity index (χ2v) is 7.67. The molecular weight excluding hydrogens is 428 g/mol. The molecule has 1 aliphatic rings. The summed E-state index contributed by atoms with van der Waals surface area (Å²) in [6, 6.07) is 19.3. The van der Waals surface area contributed by atoms with Crippen LogP contribution in [-0.2, 0) is 9.59 Å². The molecule has 32 heavy (non-hydrogen) atoms. The quantitative estimate of drug-likeness (QED) is 0.534. The van der Waals surface area contributed by atoms with Crippen molar-refractivity contribution < 1.29 is 19.1 Å². The van der Waals surface area contributed by atoms with E-state index in [-0.39, 0.29) is 11.3 Å². The van der Waals surface area contributed by atoms with Crippen LogP contribution >= 0.6 is 11.6 Å². The van der Waals surface area contributed by atoms with E-state index in [4.69, 9.17) is 21.1 Å². The van der Waals surface area contributed by atoms with Gasteiger partial charge in [0.05, 0.1) is 25.5 Å². The van der Waals surface area contributed by atoms with Gasteiger partial charge in [-0.25, -0.2) is 4.90 Å². The van der Waals surface area contributed by atoms with Gasteiger partial charge in [-0.15, -0.1) is 0 Å². The van der Waals surface area contributed by atoms with Crippen LogP contribution in [0.5, 0.6) is 11.5 Å². The van der Waals surface area contributed by atoms with E-state index in [2.05, 4.69) is 5.32 Å². The first-order valence-corrected chi connectivity index (χ1v) is 10.3. The second-order valence-electron chi connectivity index (χ2n) is 7.24. The molecule has 7 heteroatoms. The molecule has 3 aromatic rings. The van der Waals surface area contributed by atoms with Crippen LogP contribution in [-0.4, -0.2) is 26.0 Å². The smallest absolute Gasteiger partial charge is 0.282 e. The average molecular weight is 449 g/mol. The van der Waals surface area contributed by atoms with Crippen LogP contribution in [0.2, 0.25) is 5.02 Å². The summed E-state index contributed by atoms with van der Waals surface area (Å²) in [5, 5.41) is 3.66. The predicted molar refractivity (Wildman–Crippen MR) is 125 cm³/mol. The van der Waals surface area contributed by atoms with Gasteiger partial charge in [0.25, 0.3) is 11.8 Å². The highest BCUT2D eigenvalue weighted by molar-refractivity contribution is 6.46. The molecule has 2 amide bonds. The number of halogens is 1. The fourth-order valence-electron chi connectivity index (χ4n) is 3.59. The third-order valence-electron chi connectivity index (χ3n) is 5.13. The Kier molecular flexibility index (Phi) is 5.88. The number of hydrogen-bond donors (Lipinski definition) is 1. The van der Waals surface area contributed by atoms with E-state index in [1.54, 1.807) is 61.7 Å². The molecule has 0 atom stereocenters. The molecule has 0 bridgehead atoms. The molecule has 0 spiro atoms. The normalized spacial score (nSPS) is 13.6. The van der Waals surface area contributed by atoms with E-state index in [0.29, 0.717) is 33.5 Å². The van der Waals surface area contributed by atoms with Gasteiger partial charge in [0.1, 0.15) is 5.70 Å². The molecule has 0 unspecified atom stereocenters. The van der Waals surface area contributed by atoms with Gasteiger partial charge < -0.3 is 14.8 Å². The van der Waals surface area contributed by atoms with Crippen molar-refractivity contribution in [1.82, 2.24) is 0 Å². The Hall–Kier alpha value is -3.77. The maximum absolute atomic E-state index is 13.5. The van der Waals surface area contributed by atoms with Crippen molar-refractivity contribution in [3.63, 3.8) is 0 Å². The van der Waals surface area contributed by atoms with Crippen LogP contribution in [0, 0.1) is 6.92 Å². The Balaban J connectivity index is 1.81. The Labute approximate surface area is 191 Å². The first-order valence-electron chi connectivity index (χ1n) is 9.87. The summed E-state index contributed by atoms with van der Waals surface area (Å²) in [4.78, 5) is 28.1. The lowest BCUT2D eigenvalue weighted by Crippen LogP contribution is -2.32. The minimum Gasteiger partial charge on any atom is -0.493 e. The van der Waals surface area contributed by atoms with Crippen molar-refractivity contribution >= 4 is 40.4 Å². The third kappa shape index (κ3) is 3.92. The minimum atomic E-state index is -0.444. The first-order chi connectivity index (χ1) is 15.4. The van der Waals surface area contributed by atoms with Gasteiger partial charge in [0.15, 0.2) is 11.5 Å². The van der Waals surface area contributed by atoms with Gasteiger partial charge in [0, 0.05) is 16.8 Å². The summed E-state index contributed by atoms with van der Waals surface area (Å²) in [6.45, 7) is 1.91. The topological polar surface area (TPSA) is 67.9 Å². The summed E-state index contributed by atoms with van der Waals surface area (Å²) in [5.74, 6) is 0.199. The molecule has 1 N–H and O–H groups in total. The van der Waals surface area contributed by atoms with Crippen LogP contribution in [0.3, 0.4) is 0 Å². The number of rotatable bonds is 6. The van der Waals surface area contributed by atoms with Crippen molar-refractivity contribution in [2.75, 3.05) is 24.4 Å². The maximum atomic E-state index is 13.5. The minimum absolute atomic E-state index is 0.172. The summed E-state index contributed by atoms with van der Waals surface area (Å²) in [5.41, 5.74) is 3.06. The average Bonchev–Trinajstić information content (AvgIpc) is 3.03. The van der Waals surface area contributed by atoms with E-state index in [1.165, 1.54) is 12.0 Å². The van der Waals surface area contributed by atoms with Gasteiger partial charge in [-0.2, -0.15) is 0 Å². The molecule has 0 saturated heterocycles. The molecule has 4 rings (SSSR count). The SMILES string of the molecule is COc1ccc(NC2=C(c3ccc(Cl)cc3)C(=O)N(c3cccc(C)c3)C2=O)cc1OC. The molecule has 0 aromatic heterocycles. The van der Waals surface area contributed by atoms with Gasteiger partial charge in [-0.3, -0.25) is 9.59 Å². The maximum Gasteiger partial charge on any atom is 0.282 e. The van der Waals surface area contributed by atoms with Crippen LogP contribution < -0.4 is 19.7 Å². The molecular formula is C25H21ClN2O4. The number of methoxy groups -OCH3 is 2. The molecule has 0 fully saturated rings. The number of nitrogens with zero attached hydrogens (tertiary/aromatic N) is 1. The molecule has 1 aliphatic heterocycles. The summed E-state index contributed by atoms with van der Waals surface area (Å²) < 4.78 is 10.6. The lowest BCUT2D eigenvalue weighted by Gasteiger charge is -2.16. The summed E-state index contributed by atoms with van der Waals surface area (Å²) >= 11 is 6.03. The number of anilines is 2. The number of amides is 2. The molecule has 0 radical (unpaired) electrons. The second kappa shape index (κ2) is 8.77. The number of nitrogens with one attached hydrogen (secondary N) is 1. The molecule has 0 saturated carbocycles. The van der Waals surface area contributed by atoms with Gasteiger partial charge in [-0.1, -0.05) is 35.9 Å². The summed E-state index contributed by atoms with van der Waals surface area (Å²) in [7, 11) is 3.08. The van der Waals surface area contributed by atoms with Crippen LogP contribution in [0.4, 0.5) is 11.4 Å². The number of imide groups is 1.